The van der Waals surface area contributed by atoms with E-state index in [-0.39, 0.29) is 22.8 Å². The van der Waals surface area contributed by atoms with E-state index in [4.69, 9.17) is 5.73 Å². The third-order valence-electron chi connectivity index (χ3n) is 3.42. The van der Waals surface area contributed by atoms with Gasteiger partial charge in [-0.15, -0.1) is 0 Å². The van der Waals surface area contributed by atoms with Crippen molar-refractivity contribution in [3.8, 4) is 0 Å². The first-order valence-electron chi connectivity index (χ1n) is 6.67. The molecular formula is C14H23N3O3S. The number of nitrogens with zero attached hydrogens (tertiary/aromatic N) is 1. The molecule has 21 heavy (non-hydrogen) atoms. The maximum atomic E-state index is 12.2. The number of carbonyl (C=O) groups excluding carboxylic acids is 1. The van der Waals surface area contributed by atoms with Crippen LogP contribution in [0.1, 0.15) is 19.4 Å². The summed E-state index contributed by atoms with van der Waals surface area (Å²) >= 11 is 0. The molecule has 3 N–H and O–H groups in total. The van der Waals surface area contributed by atoms with Gasteiger partial charge in [0.1, 0.15) is 0 Å². The van der Waals surface area contributed by atoms with E-state index in [9.17, 15) is 13.2 Å². The molecule has 0 aromatic heterocycles. The monoisotopic (exact) mass is 313 g/mol. The fourth-order valence-electron chi connectivity index (χ4n) is 1.65. The summed E-state index contributed by atoms with van der Waals surface area (Å²) in [6.07, 6.45) is 0. The number of rotatable bonds is 5. The highest BCUT2D eigenvalue weighted by molar-refractivity contribution is 7.89. The van der Waals surface area contributed by atoms with E-state index in [1.807, 2.05) is 0 Å². The van der Waals surface area contributed by atoms with Crippen molar-refractivity contribution in [2.75, 3.05) is 19.4 Å². The van der Waals surface area contributed by atoms with Gasteiger partial charge in [-0.2, -0.15) is 0 Å². The number of benzene rings is 1. The number of nitrogens with two attached hydrogens (primary N) is 1. The molecule has 0 heterocycles. The molecular weight excluding hydrogens is 290 g/mol. The summed E-state index contributed by atoms with van der Waals surface area (Å²) in [5, 5.41) is 2.70. The van der Waals surface area contributed by atoms with Gasteiger partial charge in [0, 0.05) is 25.8 Å². The lowest BCUT2D eigenvalue weighted by Gasteiger charge is -2.17. The highest BCUT2D eigenvalue weighted by Crippen LogP contribution is 2.22. The third kappa shape index (κ3) is 4.03. The molecule has 0 saturated carbocycles. The van der Waals surface area contributed by atoms with Gasteiger partial charge in [-0.25, -0.2) is 12.7 Å². The second kappa shape index (κ2) is 6.55. The van der Waals surface area contributed by atoms with Gasteiger partial charge >= 0.3 is 0 Å². The van der Waals surface area contributed by atoms with Crippen molar-refractivity contribution in [1.82, 2.24) is 4.31 Å². The van der Waals surface area contributed by atoms with Crippen LogP contribution in [0.2, 0.25) is 0 Å². The lowest BCUT2D eigenvalue weighted by molar-refractivity contribution is -0.119. The minimum atomic E-state index is -3.55. The first-order chi connectivity index (χ1) is 9.57. The molecule has 1 aromatic rings. The Kier molecular flexibility index (Phi) is 5.49. The second-order valence-electron chi connectivity index (χ2n) is 5.40. The van der Waals surface area contributed by atoms with Gasteiger partial charge in [0.15, 0.2) is 0 Å². The van der Waals surface area contributed by atoms with Gasteiger partial charge in [-0.3, -0.25) is 4.79 Å². The Hall–Kier alpha value is -1.44. The van der Waals surface area contributed by atoms with E-state index in [0.717, 1.165) is 4.31 Å². The Morgan fingerprint density at radius 2 is 1.86 bits per heavy atom. The van der Waals surface area contributed by atoms with Crippen molar-refractivity contribution in [2.45, 2.75) is 31.7 Å². The molecule has 0 saturated heterocycles. The number of nitrogens with one attached hydrogen (secondary N) is 1. The molecule has 1 aromatic carbocycles. The van der Waals surface area contributed by atoms with Crippen LogP contribution in [0.3, 0.4) is 0 Å². The zero-order valence-electron chi connectivity index (χ0n) is 13.0. The summed E-state index contributed by atoms with van der Waals surface area (Å²) in [6.45, 7) is 5.19. The first kappa shape index (κ1) is 17.6. The van der Waals surface area contributed by atoms with Crippen molar-refractivity contribution < 1.29 is 13.2 Å². The number of hydrogen-bond acceptors (Lipinski definition) is 4. The maximum Gasteiger partial charge on any atom is 0.242 e. The average Bonchev–Trinajstić information content (AvgIpc) is 2.39. The molecule has 0 bridgehead atoms. The van der Waals surface area contributed by atoms with Crippen molar-refractivity contribution in [2.24, 2.45) is 11.7 Å². The van der Waals surface area contributed by atoms with Crippen molar-refractivity contribution in [1.29, 1.82) is 0 Å². The third-order valence-corrected chi connectivity index (χ3v) is 5.37. The van der Waals surface area contributed by atoms with Crippen LogP contribution in [0, 0.1) is 12.8 Å². The Bertz CT molecular complexity index is 624. The molecule has 0 aliphatic rings. The second-order valence-corrected chi connectivity index (χ2v) is 7.53. The molecule has 0 spiro atoms. The number of hydrogen-bond donors (Lipinski definition) is 2. The topological polar surface area (TPSA) is 92.5 Å². The van der Waals surface area contributed by atoms with Gasteiger partial charge in [0.05, 0.1) is 10.8 Å². The zero-order valence-corrected chi connectivity index (χ0v) is 13.9. The molecule has 118 valence electrons. The highest BCUT2D eigenvalue weighted by Gasteiger charge is 2.21. The van der Waals surface area contributed by atoms with E-state index < -0.39 is 10.0 Å². The maximum absolute atomic E-state index is 12.2. The fraction of sp³-hybridized carbons (Fsp3) is 0.500. The Morgan fingerprint density at radius 3 is 2.33 bits per heavy atom. The molecule has 0 radical (unpaired) electrons. The van der Waals surface area contributed by atoms with Crippen LogP contribution in [0.25, 0.3) is 0 Å². The van der Waals surface area contributed by atoms with Crippen molar-refractivity contribution >= 4 is 21.6 Å². The standard InChI is InChI=1S/C14H23N3O3S/c1-9-6-7-12(16-14(18)10(2)11(3)15)8-13(9)21(19,20)17(4)5/h6-8,10-11H,15H2,1-5H3,(H,16,18). The normalized spacial score (nSPS) is 14.8. The lowest BCUT2D eigenvalue weighted by atomic mass is 10.0. The zero-order chi connectivity index (χ0) is 16.4. The highest BCUT2D eigenvalue weighted by atomic mass is 32.2. The lowest BCUT2D eigenvalue weighted by Crippen LogP contribution is -2.34. The summed E-state index contributed by atoms with van der Waals surface area (Å²) in [5.74, 6) is -0.595. The van der Waals surface area contributed by atoms with Crippen LogP contribution in [0.5, 0.6) is 0 Å². The predicted octanol–water partition coefficient (Wildman–Crippen LogP) is 1.17. The minimum absolute atomic E-state index is 0.179. The van der Waals surface area contributed by atoms with Crippen molar-refractivity contribution in [3.05, 3.63) is 23.8 Å². The molecule has 1 rings (SSSR count). The van der Waals surface area contributed by atoms with E-state index in [2.05, 4.69) is 5.32 Å². The number of carbonyl (C=O) groups is 1. The fourth-order valence-corrected chi connectivity index (χ4v) is 2.79. The van der Waals surface area contributed by atoms with E-state index in [1.165, 1.54) is 20.2 Å². The Balaban J connectivity index is 3.12. The van der Waals surface area contributed by atoms with Crippen LogP contribution in [-0.2, 0) is 14.8 Å². The molecule has 1 amide bonds. The quantitative estimate of drug-likeness (QED) is 0.853. The first-order valence-corrected chi connectivity index (χ1v) is 8.11. The SMILES string of the molecule is Cc1ccc(NC(=O)C(C)C(C)N)cc1S(=O)(=O)N(C)C. The van der Waals surface area contributed by atoms with Crippen LogP contribution < -0.4 is 11.1 Å². The summed E-state index contributed by atoms with van der Waals surface area (Å²) in [5.41, 5.74) is 6.76. The predicted molar refractivity (Wildman–Crippen MR) is 83.5 cm³/mol. The van der Waals surface area contributed by atoms with E-state index in [1.54, 1.807) is 32.9 Å². The molecule has 0 aliphatic carbocycles. The molecule has 6 nitrogen and oxygen atoms in total. The average molecular weight is 313 g/mol. The summed E-state index contributed by atoms with van der Waals surface area (Å²) in [7, 11) is -0.604. The van der Waals surface area contributed by atoms with Gasteiger partial charge in [0.2, 0.25) is 15.9 Å². The Morgan fingerprint density at radius 1 is 1.29 bits per heavy atom. The molecule has 0 aliphatic heterocycles. The molecule has 2 atom stereocenters. The van der Waals surface area contributed by atoms with E-state index in [0.29, 0.717) is 11.3 Å². The summed E-state index contributed by atoms with van der Waals surface area (Å²) in [6, 6.07) is 4.54. The summed E-state index contributed by atoms with van der Waals surface area (Å²) < 4.78 is 25.6. The van der Waals surface area contributed by atoms with Crippen LogP contribution >= 0.6 is 0 Å². The molecule has 2 unspecified atom stereocenters. The van der Waals surface area contributed by atoms with Gasteiger partial charge in [-0.05, 0) is 31.5 Å². The van der Waals surface area contributed by atoms with Crippen LogP contribution in [-0.4, -0.2) is 38.8 Å². The van der Waals surface area contributed by atoms with Crippen LogP contribution in [0.15, 0.2) is 23.1 Å². The van der Waals surface area contributed by atoms with E-state index >= 15 is 0 Å². The van der Waals surface area contributed by atoms with Gasteiger partial charge in [-0.1, -0.05) is 13.0 Å². The smallest absolute Gasteiger partial charge is 0.242 e. The van der Waals surface area contributed by atoms with Gasteiger partial charge in [0.25, 0.3) is 0 Å². The number of anilines is 1. The Labute approximate surface area is 126 Å². The largest absolute Gasteiger partial charge is 0.327 e. The molecule has 0 fully saturated rings. The summed E-state index contributed by atoms with van der Waals surface area (Å²) in [4.78, 5) is 12.2. The van der Waals surface area contributed by atoms with Gasteiger partial charge < -0.3 is 11.1 Å². The molecule has 7 heteroatoms. The minimum Gasteiger partial charge on any atom is -0.327 e. The number of amides is 1. The van der Waals surface area contributed by atoms with Crippen LogP contribution in [0.4, 0.5) is 5.69 Å². The number of aryl methyl sites for hydroxylation is 1. The number of sulfonamides is 1. The van der Waals surface area contributed by atoms with Crippen molar-refractivity contribution in [3.63, 3.8) is 0 Å².